The van der Waals surface area contributed by atoms with Crippen LogP contribution in [0.2, 0.25) is 0 Å². The van der Waals surface area contributed by atoms with Crippen molar-refractivity contribution in [2.45, 2.75) is 25.3 Å². The number of nitrogens with zero attached hydrogens (tertiary/aromatic N) is 1. The van der Waals surface area contributed by atoms with Gasteiger partial charge in [0.2, 0.25) is 0 Å². The number of carbonyl (C=O) groups excluding carboxylic acids is 1. The predicted molar refractivity (Wildman–Crippen MR) is 142 cm³/mol. The summed E-state index contributed by atoms with van der Waals surface area (Å²) in [6, 6.07) is 39.6. The first-order valence-electron chi connectivity index (χ1n) is 11.5. The van der Waals surface area contributed by atoms with Gasteiger partial charge in [0.1, 0.15) is 0 Å². The second kappa shape index (κ2) is 13.7. The first kappa shape index (κ1) is 24.8. The van der Waals surface area contributed by atoms with E-state index in [2.05, 4.69) is 53.5 Å². The van der Waals surface area contributed by atoms with Gasteiger partial charge in [-0.3, -0.25) is 9.79 Å². The Balaban J connectivity index is 0.000000191. The molecule has 0 aliphatic rings. The van der Waals surface area contributed by atoms with Gasteiger partial charge < -0.3 is 5.73 Å². The van der Waals surface area contributed by atoms with Gasteiger partial charge in [0.15, 0.2) is 5.78 Å². The standard InChI is InChI=1S/C16H17N.C15H15NO/c1-17-16(12-14-8-4-2-5-9-14)13-15-10-6-3-7-11-15;16-15(13-9-5-2-6-10-13)14(17)11-12-7-3-1-4-8-12/h2-11H,12-13H2,1H3;1-10,15H,11,16H2. The van der Waals surface area contributed by atoms with Crippen molar-refractivity contribution >= 4 is 11.5 Å². The Morgan fingerprint density at radius 2 is 0.971 bits per heavy atom. The molecule has 0 bridgehead atoms. The van der Waals surface area contributed by atoms with Crippen LogP contribution in [-0.4, -0.2) is 18.5 Å². The molecule has 4 aromatic rings. The molecule has 0 heterocycles. The van der Waals surface area contributed by atoms with Crippen LogP contribution < -0.4 is 5.73 Å². The van der Waals surface area contributed by atoms with E-state index in [1.807, 2.05) is 79.8 Å². The zero-order valence-electron chi connectivity index (χ0n) is 19.7. The first-order valence-corrected chi connectivity index (χ1v) is 11.5. The average molecular weight is 449 g/mol. The van der Waals surface area contributed by atoms with E-state index >= 15 is 0 Å². The highest BCUT2D eigenvalue weighted by Crippen LogP contribution is 2.13. The van der Waals surface area contributed by atoms with E-state index in [1.54, 1.807) is 0 Å². The first-order chi connectivity index (χ1) is 16.7. The Morgan fingerprint density at radius 3 is 1.35 bits per heavy atom. The summed E-state index contributed by atoms with van der Waals surface area (Å²) in [6.45, 7) is 0. The minimum atomic E-state index is -0.531. The van der Waals surface area contributed by atoms with Crippen molar-refractivity contribution in [3.63, 3.8) is 0 Å². The third-order valence-electron chi connectivity index (χ3n) is 5.54. The average Bonchev–Trinajstić information content (AvgIpc) is 2.90. The van der Waals surface area contributed by atoms with Gasteiger partial charge in [0, 0.05) is 32.0 Å². The number of aliphatic imine (C=N–C) groups is 1. The number of hydrogen-bond donors (Lipinski definition) is 1. The smallest absolute Gasteiger partial charge is 0.158 e. The third-order valence-corrected chi connectivity index (χ3v) is 5.54. The van der Waals surface area contributed by atoms with Crippen LogP contribution in [0.3, 0.4) is 0 Å². The van der Waals surface area contributed by atoms with Gasteiger partial charge in [-0.15, -0.1) is 0 Å². The number of nitrogens with two attached hydrogens (primary N) is 1. The van der Waals surface area contributed by atoms with Crippen molar-refractivity contribution in [2.24, 2.45) is 10.7 Å². The number of hydrogen-bond acceptors (Lipinski definition) is 3. The molecule has 0 fully saturated rings. The van der Waals surface area contributed by atoms with Crippen LogP contribution in [0.15, 0.2) is 126 Å². The summed E-state index contributed by atoms with van der Waals surface area (Å²) < 4.78 is 0. The largest absolute Gasteiger partial charge is 0.318 e. The molecule has 1 unspecified atom stereocenters. The van der Waals surface area contributed by atoms with Gasteiger partial charge >= 0.3 is 0 Å². The fraction of sp³-hybridized carbons (Fsp3) is 0.161. The molecule has 0 spiro atoms. The Bertz CT molecular complexity index is 1100. The van der Waals surface area contributed by atoms with E-state index in [0.717, 1.165) is 24.0 Å². The predicted octanol–water partition coefficient (Wildman–Crippen LogP) is 6.04. The third kappa shape index (κ3) is 8.27. The van der Waals surface area contributed by atoms with Gasteiger partial charge in [-0.2, -0.15) is 0 Å². The van der Waals surface area contributed by atoms with E-state index in [1.165, 1.54) is 16.8 Å². The lowest BCUT2D eigenvalue weighted by Crippen LogP contribution is -2.22. The van der Waals surface area contributed by atoms with Crippen molar-refractivity contribution < 1.29 is 4.79 Å². The lowest BCUT2D eigenvalue weighted by atomic mass is 9.98. The summed E-state index contributed by atoms with van der Waals surface area (Å²) in [6.07, 6.45) is 2.26. The molecule has 0 saturated carbocycles. The normalized spacial score (nSPS) is 11.0. The second-order valence-corrected chi connectivity index (χ2v) is 8.13. The van der Waals surface area contributed by atoms with E-state index in [4.69, 9.17) is 5.73 Å². The minimum absolute atomic E-state index is 0.0439. The minimum Gasteiger partial charge on any atom is -0.318 e. The highest BCUT2D eigenvalue weighted by molar-refractivity contribution is 5.88. The van der Waals surface area contributed by atoms with Crippen LogP contribution in [0.4, 0.5) is 0 Å². The van der Waals surface area contributed by atoms with Gasteiger partial charge in [-0.25, -0.2) is 0 Å². The van der Waals surface area contributed by atoms with Crippen molar-refractivity contribution in [1.82, 2.24) is 0 Å². The monoisotopic (exact) mass is 448 g/mol. The fourth-order valence-electron chi connectivity index (χ4n) is 3.64. The molecule has 0 aromatic heterocycles. The van der Waals surface area contributed by atoms with E-state index in [-0.39, 0.29) is 5.78 Å². The molecule has 0 aliphatic heterocycles. The maximum Gasteiger partial charge on any atom is 0.158 e. The topological polar surface area (TPSA) is 55.4 Å². The number of benzene rings is 4. The van der Waals surface area contributed by atoms with Crippen molar-refractivity contribution in [2.75, 3.05) is 7.05 Å². The Morgan fingerprint density at radius 1 is 0.618 bits per heavy atom. The zero-order chi connectivity index (χ0) is 24.0. The Kier molecular flexibility index (Phi) is 9.97. The van der Waals surface area contributed by atoms with Crippen LogP contribution in [0.5, 0.6) is 0 Å². The van der Waals surface area contributed by atoms with Crippen LogP contribution in [-0.2, 0) is 24.1 Å². The van der Waals surface area contributed by atoms with Crippen LogP contribution in [0.1, 0.15) is 28.3 Å². The van der Waals surface area contributed by atoms with Crippen molar-refractivity contribution in [3.05, 3.63) is 144 Å². The van der Waals surface area contributed by atoms with Gasteiger partial charge in [0.25, 0.3) is 0 Å². The zero-order valence-corrected chi connectivity index (χ0v) is 19.7. The van der Waals surface area contributed by atoms with E-state index in [0.29, 0.717) is 6.42 Å². The number of ketones is 1. The molecule has 3 nitrogen and oxygen atoms in total. The summed E-state index contributed by atoms with van der Waals surface area (Å²) in [7, 11) is 1.88. The van der Waals surface area contributed by atoms with Crippen LogP contribution in [0, 0.1) is 0 Å². The van der Waals surface area contributed by atoms with Gasteiger partial charge in [0.05, 0.1) is 6.04 Å². The molecule has 4 aromatic carbocycles. The summed E-state index contributed by atoms with van der Waals surface area (Å²) in [5.41, 5.74) is 11.7. The van der Waals surface area contributed by atoms with Gasteiger partial charge in [-0.1, -0.05) is 121 Å². The van der Waals surface area contributed by atoms with E-state index < -0.39 is 6.04 Å². The molecule has 172 valence electrons. The highest BCUT2D eigenvalue weighted by Gasteiger charge is 2.15. The quantitative estimate of drug-likeness (QED) is 0.334. The molecular formula is C31H32N2O. The summed E-state index contributed by atoms with van der Waals surface area (Å²) in [4.78, 5) is 16.4. The molecule has 3 heteroatoms. The number of carbonyl (C=O) groups is 1. The summed E-state index contributed by atoms with van der Waals surface area (Å²) in [5.74, 6) is 0.0439. The van der Waals surface area contributed by atoms with E-state index in [9.17, 15) is 4.79 Å². The van der Waals surface area contributed by atoms with Gasteiger partial charge in [-0.05, 0) is 22.3 Å². The number of rotatable bonds is 8. The molecule has 0 radical (unpaired) electrons. The van der Waals surface area contributed by atoms with Crippen molar-refractivity contribution in [3.8, 4) is 0 Å². The maximum atomic E-state index is 12.0. The lowest BCUT2D eigenvalue weighted by molar-refractivity contribution is -0.119. The molecular weight excluding hydrogens is 416 g/mol. The van der Waals surface area contributed by atoms with Crippen LogP contribution in [0.25, 0.3) is 0 Å². The Hall–Kier alpha value is -3.82. The number of Topliss-reactive ketones (excluding diaryl/α,β-unsaturated/α-hetero) is 1. The SMILES string of the molecule is CN=C(Cc1ccccc1)Cc1ccccc1.NC(C(=O)Cc1ccccc1)c1ccccc1. The molecule has 34 heavy (non-hydrogen) atoms. The van der Waals surface area contributed by atoms with Crippen LogP contribution >= 0.6 is 0 Å². The molecule has 1 atom stereocenters. The summed E-state index contributed by atoms with van der Waals surface area (Å²) >= 11 is 0. The molecule has 0 saturated heterocycles. The summed E-state index contributed by atoms with van der Waals surface area (Å²) in [5, 5.41) is 0. The maximum absolute atomic E-state index is 12.0. The molecule has 4 rings (SSSR count). The van der Waals surface area contributed by atoms with Crippen molar-refractivity contribution in [1.29, 1.82) is 0 Å². The molecule has 0 amide bonds. The Labute approximate surface area is 203 Å². The molecule has 0 aliphatic carbocycles. The second-order valence-electron chi connectivity index (χ2n) is 8.13. The molecule has 2 N–H and O–H groups in total. The highest BCUT2D eigenvalue weighted by atomic mass is 16.1. The fourth-order valence-corrected chi connectivity index (χ4v) is 3.64. The lowest BCUT2D eigenvalue weighted by Gasteiger charge is -2.10.